The van der Waals surface area contributed by atoms with Crippen molar-refractivity contribution in [3.8, 4) is 0 Å². The Balaban J connectivity index is 1.51. The van der Waals surface area contributed by atoms with Gasteiger partial charge in [0.2, 0.25) is 15.9 Å². The fraction of sp³-hybridized carbons (Fsp3) is 0.406. The van der Waals surface area contributed by atoms with Crippen LogP contribution in [0.4, 0.5) is 13.2 Å². The van der Waals surface area contributed by atoms with Gasteiger partial charge in [0.25, 0.3) is 0 Å². The molecule has 0 heterocycles. The highest BCUT2D eigenvalue weighted by Gasteiger charge is 2.33. The number of carbonyl (C=O) groups is 1. The Bertz CT molecular complexity index is 1480. The summed E-state index contributed by atoms with van der Waals surface area (Å²) in [6.07, 6.45) is -2.32. The molecule has 0 saturated carbocycles. The van der Waals surface area contributed by atoms with E-state index in [0.29, 0.717) is 23.6 Å². The summed E-state index contributed by atoms with van der Waals surface area (Å²) in [6.45, 7) is 7.29. The van der Waals surface area contributed by atoms with Crippen LogP contribution in [0.3, 0.4) is 0 Å². The number of sulfonamides is 1. The summed E-state index contributed by atoms with van der Waals surface area (Å²) >= 11 is 0. The van der Waals surface area contributed by atoms with E-state index in [9.17, 15) is 26.4 Å². The lowest BCUT2D eigenvalue weighted by Gasteiger charge is -2.28. The average molecular weight is 602 g/mol. The Hall–Kier alpha value is -3.21. The maximum Gasteiger partial charge on any atom is 0.416 e. The minimum Gasteiger partial charge on any atom is -0.349 e. The predicted molar refractivity (Wildman–Crippen MR) is 157 cm³/mol. The van der Waals surface area contributed by atoms with Gasteiger partial charge in [-0.05, 0) is 65.6 Å². The van der Waals surface area contributed by atoms with Crippen molar-refractivity contribution < 1.29 is 26.4 Å². The SMILES string of the molecule is CC(C)NC[C@@H](C)c1ccc2c(c1)CCC[C@H]2NC(=O)CC(NS(=O)(=O)c1cccc(C(F)(F)F)c1)c1ccccc1. The Morgan fingerprint density at radius 3 is 2.38 bits per heavy atom. The Morgan fingerprint density at radius 1 is 0.952 bits per heavy atom. The summed E-state index contributed by atoms with van der Waals surface area (Å²) in [4.78, 5) is 12.8. The van der Waals surface area contributed by atoms with E-state index >= 15 is 0 Å². The number of hydrogen-bond donors (Lipinski definition) is 3. The summed E-state index contributed by atoms with van der Waals surface area (Å²) in [7, 11) is -4.38. The first-order valence-corrected chi connectivity index (χ1v) is 15.7. The zero-order chi connectivity index (χ0) is 30.5. The van der Waals surface area contributed by atoms with Crippen molar-refractivity contribution in [1.29, 1.82) is 0 Å². The molecule has 3 N–H and O–H groups in total. The molecule has 1 aliphatic rings. The fourth-order valence-electron chi connectivity index (χ4n) is 5.27. The molecular weight excluding hydrogens is 563 g/mol. The van der Waals surface area contributed by atoms with Gasteiger partial charge in [-0.2, -0.15) is 13.2 Å². The number of amides is 1. The van der Waals surface area contributed by atoms with Gasteiger partial charge in [-0.1, -0.05) is 75.4 Å². The lowest BCUT2D eigenvalue weighted by atomic mass is 9.84. The normalized spacial score (nSPS) is 17.0. The summed E-state index contributed by atoms with van der Waals surface area (Å²) in [5.74, 6) is -0.0174. The number of rotatable bonds is 11. The number of fused-ring (bicyclic) bond motifs is 1. The molecule has 0 aromatic heterocycles. The van der Waals surface area contributed by atoms with E-state index in [1.54, 1.807) is 30.3 Å². The maximum atomic E-state index is 13.3. The molecule has 3 aromatic carbocycles. The first-order chi connectivity index (χ1) is 19.8. The van der Waals surface area contributed by atoms with E-state index in [1.807, 2.05) is 0 Å². The van der Waals surface area contributed by atoms with E-state index in [1.165, 1.54) is 11.1 Å². The van der Waals surface area contributed by atoms with Crippen LogP contribution in [0.15, 0.2) is 77.7 Å². The number of benzene rings is 3. The van der Waals surface area contributed by atoms with Crippen LogP contribution in [0.25, 0.3) is 0 Å². The lowest BCUT2D eigenvalue weighted by Crippen LogP contribution is -2.36. The number of carbonyl (C=O) groups excluding carboxylic acids is 1. The standard InChI is InChI=1S/C32H38F3N3O3S/c1-21(2)36-20-22(3)24-15-16-28-25(17-24)11-7-14-29(28)37-31(39)19-30(23-9-5-4-6-10-23)38-42(40,41)27-13-8-12-26(18-27)32(33,34)35/h4-6,8-10,12-13,15-18,21-22,29-30,36,38H,7,11,14,19-20H2,1-3H3,(H,37,39)/t22-,29-,30?/m1/s1. The van der Waals surface area contributed by atoms with Crippen LogP contribution < -0.4 is 15.4 Å². The molecule has 10 heteroatoms. The van der Waals surface area contributed by atoms with E-state index in [2.05, 4.69) is 54.3 Å². The highest BCUT2D eigenvalue weighted by molar-refractivity contribution is 7.89. The van der Waals surface area contributed by atoms with E-state index in [4.69, 9.17) is 0 Å². The molecule has 1 aliphatic carbocycles. The molecule has 0 aliphatic heterocycles. The smallest absolute Gasteiger partial charge is 0.349 e. The van der Waals surface area contributed by atoms with Crippen LogP contribution in [-0.2, 0) is 27.4 Å². The van der Waals surface area contributed by atoms with Gasteiger partial charge in [0, 0.05) is 19.0 Å². The van der Waals surface area contributed by atoms with Gasteiger partial charge in [0.05, 0.1) is 22.5 Å². The second-order valence-corrected chi connectivity index (χ2v) is 13.0. The average Bonchev–Trinajstić information content (AvgIpc) is 2.95. The first kappa shape index (κ1) is 31.7. The van der Waals surface area contributed by atoms with Crippen molar-refractivity contribution in [2.75, 3.05) is 6.54 Å². The highest BCUT2D eigenvalue weighted by atomic mass is 32.2. The molecule has 6 nitrogen and oxygen atoms in total. The molecule has 0 fully saturated rings. The molecule has 1 unspecified atom stereocenters. The molecule has 3 atom stereocenters. The molecule has 0 saturated heterocycles. The van der Waals surface area contributed by atoms with E-state index < -0.39 is 32.7 Å². The minimum absolute atomic E-state index is 0.212. The van der Waals surface area contributed by atoms with Crippen molar-refractivity contribution >= 4 is 15.9 Å². The quantitative estimate of drug-likeness (QED) is 0.237. The largest absolute Gasteiger partial charge is 0.416 e. The van der Waals surface area contributed by atoms with Crippen LogP contribution in [0.5, 0.6) is 0 Å². The molecular formula is C32H38F3N3O3S. The minimum atomic E-state index is -4.69. The summed E-state index contributed by atoms with van der Waals surface area (Å²) in [6, 6.07) is 17.7. The molecule has 0 bridgehead atoms. The third kappa shape index (κ3) is 8.20. The van der Waals surface area contributed by atoms with Crippen LogP contribution in [-0.4, -0.2) is 26.9 Å². The third-order valence-electron chi connectivity index (χ3n) is 7.58. The zero-order valence-corrected chi connectivity index (χ0v) is 24.9. The molecule has 4 rings (SSSR count). The predicted octanol–water partition coefficient (Wildman–Crippen LogP) is 6.41. The van der Waals surface area contributed by atoms with Crippen LogP contribution in [0, 0.1) is 0 Å². The molecule has 42 heavy (non-hydrogen) atoms. The Morgan fingerprint density at radius 2 is 1.69 bits per heavy atom. The zero-order valence-electron chi connectivity index (χ0n) is 24.0. The van der Waals surface area contributed by atoms with Gasteiger partial charge in [-0.3, -0.25) is 4.79 Å². The maximum absolute atomic E-state index is 13.3. The monoisotopic (exact) mass is 601 g/mol. The fourth-order valence-corrected chi connectivity index (χ4v) is 6.54. The Kier molecular flexibility index (Phi) is 10.1. The van der Waals surface area contributed by atoms with Crippen molar-refractivity contribution in [2.45, 2.75) is 81.6 Å². The first-order valence-electron chi connectivity index (χ1n) is 14.2. The number of hydrogen-bond acceptors (Lipinski definition) is 4. The van der Waals surface area contributed by atoms with Gasteiger partial charge in [0.1, 0.15) is 0 Å². The van der Waals surface area contributed by atoms with Gasteiger partial charge in [-0.15, -0.1) is 0 Å². The molecule has 0 spiro atoms. The number of nitrogens with one attached hydrogen (secondary N) is 3. The van der Waals surface area contributed by atoms with Crippen molar-refractivity contribution in [2.24, 2.45) is 0 Å². The Labute approximate surface area is 246 Å². The van der Waals surface area contributed by atoms with Gasteiger partial charge in [0.15, 0.2) is 0 Å². The topological polar surface area (TPSA) is 87.3 Å². The number of halogens is 3. The second-order valence-electron chi connectivity index (χ2n) is 11.2. The third-order valence-corrected chi connectivity index (χ3v) is 9.05. The number of aryl methyl sites for hydroxylation is 1. The highest BCUT2D eigenvalue weighted by Crippen LogP contribution is 2.33. The van der Waals surface area contributed by atoms with E-state index in [0.717, 1.165) is 49.6 Å². The summed E-state index contributed by atoms with van der Waals surface area (Å²) in [5, 5.41) is 6.55. The van der Waals surface area contributed by atoms with Crippen LogP contribution in [0.2, 0.25) is 0 Å². The number of alkyl halides is 3. The molecule has 226 valence electrons. The second kappa shape index (κ2) is 13.4. The molecule has 0 radical (unpaired) electrons. The van der Waals surface area contributed by atoms with Crippen molar-refractivity contribution in [3.05, 3.63) is 101 Å². The van der Waals surface area contributed by atoms with Gasteiger partial charge in [-0.25, -0.2) is 13.1 Å². The van der Waals surface area contributed by atoms with Crippen molar-refractivity contribution in [1.82, 2.24) is 15.4 Å². The van der Waals surface area contributed by atoms with Crippen LogP contribution >= 0.6 is 0 Å². The lowest BCUT2D eigenvalue weighted by molar-refractivity contribution is -0.137. The molecule has 1 amide bonds. The van der Waals surface area contributed by atoms with Crippen LogP contribution in [0.1, 0.15) is 85.9 Å². The van der Waals surface area contributed by atoms with E-state index in [-0.39, 0.29) is 18.4 Å². The summed E-state index contributed by atoms with van der Waals surface area (Å²) in [5.41, 5.74) is 2.96. The molecule has 3 aromatic rings. The summed E-state index contributed by atoms with van der Waals surface area (Å²) < 4.78 is 68.6. The van der Waals surface area contributed by atoms with Gasteiger partial charge < -0.3 is 10.6 Å². The van der Waals surface area contributed by atoms with Gasteiger partial charge >= 0.3 is 6.18 Å². The van der Waals surface area contributed by atoms with Crippen molar-refractivity contribution in [3.63, 3.8) is 0 Å².